The molecule has 0 spiro atoms. The second-order valence-electron chi connectivity index (χ2n) is 6.33. The van der Waals surface area contributed by atoms with E-state index >= 15 is 0 Å². The molecule has 150 valence electrons. The minimum atomic E-state index is -1.47. The molecule has 8 N–H and O–H groups in total. The normalized spacial score (nSPS) is 15.2. The summed E-state index contributed by atoms with van der Waals surface area (Å²) in [5, 5.41) is 13.9. The monoisotopic (exact) mass is 382 g/mol. The Morgan fingerprint density at radius 1 is 1.26 bits per heavy atom. The highest BCUT2D eigenvalue weighted by Crippen LogP contribution is 2.10. The van der Waals surface area contributed by atoms with Crippen LogP contribution in [0.1, 0.15) is 32.4 Å². The molecule has 4 atom stereocenters. The number of carbonyl (C=O) groups is 4. The van der Waals surface area contributed by atoms with Crippen LogP contribution in [0.2, 0.25) is 0 Å². The van der Waals surface area contributed by atoms with E-state index < -0.39 is 48.2 Å². The van der Waals surface area contributed by atoms with Gasteiger partial charge in [-0.3, -0.25) is 14.4 Å². The van der Waals surface area contributed by atoms with Crippen LogP contribution < -0.4 is 22.1 Å². The molecule has 0 aromatic carbocycles. The lowest BCUT2D eigenvalue weighted by Gasteiger charge is -2.26. The van der Waals surface area contributed by atoms with Gasteiger partial charge in [-0.1, -0.05) is 20.3 Å². The van der Waals surface area contributed by atoms with E-state index in [0.29, 0.717) is 12.1 Å². The summed E-state index contributed by atoms with van der Waals surface area (Å²) in [4.78, 5) is 53.7. The molecule has 11 heteroatoms. The lowest BCUT2D eigenvalue weighted by Crippen LogP contribution is -2.57. The number of rotatable bonds is 11. The van der Waals surface area contributed by atoms with Crippen LogP contribution in [0.4, 0.5) is 0 Å². The van der Waals surface area contributed by atoms with Gasteiger partial charge in [-0.2, -0.15) is 0 Å². The summed E-state index contributed by atoms with van der Waals surface area (Å²) in [5.41, 5.74) is 11.5. The molecule has 0 aliphatic rings. The van der Waals surface area contributed by atoms with Gasteiger partial charge >= 0.3 is 5.97 Å². The van der Waals surface area contributed by atoms with Gasteiger partial charge in [0.1, 0.15) is 12.1 Å². The van der Waals surface area contributed by atoms with Gasteiger partial charge in [-0.25, -0.2) is 9.78 Å². The molecule has 27 heavy (non-hydrogen) atoms. The molecule has 0 saturated heterocycles. The van der Waals surface area contributed by atoms with Crippen LogP contribution >= 0.6 is 0 Å². The average Bonchev–Trinajstić information content (AvgIpc) is 3.10. The van der Waals surface area contributed by atoms with E-state index in [4.69, 9.17) is 16.6 Å². The number of primary amides is 1. The van der Waals surface area contributed by atoms with E-state index in [-0.39, 0.29) is 12.3 Å². The minimum absolute atomic E-state index is 0.195. The summed E-state index contributed by atoms with van der Waals surface area (Å²) in [6.45, 7) is 3.55. The Kier molecular flexibility index (Phi) is 8.39. The summed E-state index contributed by atoms with van der Waals surface area (Å²) < 4.78 is 0. The van der Waals surface area contributed by atoms with Gasteiger partial charge in [0.2, 0.25) is 17.7 Å². The minimum Gasteiger partial charge on any atom is -0.480 e. The van der Waals surface area contributed by atoms with Crippen LogP contribution in [0.15, 0.2) is 12.5 Å². The second kappa shape index (κ2) is 10.3. The van der Waals surface area contributed by atoms with Gasteiger partial charge in [-0.05, 0) is 5.92 Å². The Hall–Kier alpha value is -2.95. The maximum Gasteiger partial charge on any atom is 0.326 e. The number of hydrogen-bond donors (Lipinski definition) is 6. The molecule has 0 fully saturated rings. The molecule has 0 bridgehead atoms. The van der Waals surface area contributed by atoms with Gasteiger partial charge in [0.15, 0.2) is 0 Å². The Bertz CT molecular complexity index is 662. The summed E-state index contributed by atoms with van der Waals surface area (Å²) in [7, 11) is 0. The number of aliphatic carboxylic acids is 1. The number of imidazole rings is 1. The van der Waals surface area contributed by atoms with Crippen molar-refractivity contribution < 1.29 is 24.3 Å². The number of H-pyrrole nitrogens is 1. The fraction of sp³-hybridized carbons (Fsp3) is 0.562. The van der Waals surface area contributed by atoms with Crippen LogP contribution in [-0.4, -0.2) is 56.9 Å². The molecule has 1 aromatic rings. The molecular weight excluding hydrogens is 356 g/mol. The van der Waals surface area contributed by atoms with Crippen LogP contribution in [0, 0.1) is 5.92 Å². The van der Waals surface area contributed by atoms with Gasteiger partial charge in [-0.15, -0.1) is 0 Å². The smallest absolute Gasteiger partial charge is 0.326 e. The summed E-state index contributed by atoms with van der Waals surface area (Å²) in [5.74, 6) is -3.84. The number of aromatic amines is 1. The zero-order valence-corrected chi connectivity index (χ0v) is 15.3. The van der Waals surface area contributed by atoms with Crippen molar-refractivity contribution in [1.82, 2.24) is 20.6 Å². The molecule has 11 nitrogen and oxygen atoms in total. The van der Waals surface area contributed by atoms with Crippen molar-refractivity contribution >= 4 is 23.7 Å². The number of nitrogens with zero attached hydrogens (tertiary/aromatic N) is 1. The van der Waals surface area contributed by atoms with E-state index in [1.165, 1.54) is 12.5 Å². The first-order valence-electron chi connectivity index (χ1n) is 8.50. The first-order valence-corrected chi connectivity index (χ1v) is 8.50. The number of carboxylic acid groups (broad SMARTS) is 1. The van der Waals surface area contributed by atoms with Crippen molar-refractivity contribution in [3.63, 3.8) is 0 Å². The summed E-state index contributed by atoms with van der Waals surface area (Å²) in [6.07, 6.45) is 3.18. The highest BCUT2D eigenvalue weighted by molar-refractivity contribution is 5.93. The van der Waals surface area contributed by atoms with Crippen LogP contribution in [-0.2, 0) is 25.6 Å². The van der Waals surface area contributed by atoms with Crippen molar-refractivity contribution in [2.75, 3.05) is 0 Å². The zero-order valence-electron chi connectivity index (χ0n) is 15.3. The Labute approximate surface area is 156 Å². The van der Waals surface area contributed by atoms with Crippen LogP contribution in [0.25, 0.3) is 0 Å². The zero-order chi connectivity index (χ0) is 20.6. The third-order valence-corrected chi connectivity index (χ3v) is 4.14. The van der Waals surface area contributed by atoms with E-state index in [1.54, 1.807) is 6.92 Å². The molecule has 0 saturated carbocycles. The van der Waals surface area contributed by atoms with Crippen molar-refractivity contribution in [2.24, 2.45) is 17.4 Å². The molecule has 1 aromatic heterocycles. The lowest BCUT2D eigenvalue weighted by molar-refractivity contribution is -0.144. The van der Waals surface area contributed by atoms with Gasteiger partial charge in [0, 0.05) is 18.3 Å². The van der Waals surface area contributed by atoms with E-state index in [1.807, 2.05) is 6.92 Å². The third kappa shape index (κ3) is 7.05. The van der Waals surface area contributed by atoms with Crippen molar-refractivity contribution in [3.8, 4) is 0 Å². The van der Waals surface area contributed by atoms with Crippen LogP contribution in [0.5, 0.6) is 0 Å². The Balaban J connectivity index is 2.81. The highest BCUT2D eigenvalue weighted by atomic mass is 16.4. The fourth-order valence-corrected chi connectivity index (χ4v) is 2.35. The average molecular weight is 382 g/mol. The number of carboxylic acids is 1. The predicted octanol–water partition coefficient (Wildman–Crippen LogP) is -1.74. The molecule has 1 heterocycles. The van der Waals surface area contributed by atoms with Crippen molar-refractivity contribution in [2.45, 2.75) is 51.2 Å². The third-order valence-electron chi connectivity index (χ3n) is 4.14. The molecule has 0 aliphatic heterocycles. The highest BCUT2D eigenvalue weighted by Gasteiger charge is 2.31. The van der Waals surface area contributed by atoms with Crippen LogP contribution in [0.3, 0.4) is 0 Å². The SMILES string of the molecule is CCC(C)C(NC(=O)C(N)Cc1cnc[nH]1)C(=O)NC(CC(N)=O)C(=O)O. The Morgan fingerprint density at radius 2 is 1.93 bits per heavy atom. The molecular formula is C16H26N6O5. The number of amides is 3. The maximum atomic E-state index is 12.5. The quantitative estimate of drug-likeness (QED) is 0.261. The largest absolute Gasteiger partial charge is 0.480 e. The molecule has 3 amide bonds. The number of nitrogens with two attached hydrogens (primary N) is 2. The number of aromatic nitrogens is 2. The van der Waals surface area contributed by atoms with Gasteiger partial charge < -0.3 is 32.2 Å². The van der Waals surface area contributed by atoms with E-state index in [9.17, 15) is 19.2 Å². The van der Waals surface area contributed by atoms with Gasteiger partial charge in [0.05, 0.1) is 18.8 Å². The summed E-state index contributed by atoms with van der Waals surface area (Å²) >= 11 is 0. The predicted molar refractivity (Wildman–Crippen MR) is 95.0 cm³/mol. The van der Waals surface area contributed by atoms with E-state index in [2.05, 4.69) is 20.6 Å². The van der Waals surface area contributed by atoms with E-state index in [0.717, 1.165) is 0 Å². The molecule has 4 unspecified atom stereocenters. The maximum absolute atomic E-state index is 12.5. The Morgan fingerprint density at radius 3 is 2.41 bits per heavy atom. The molecule has 0 radical (unpaired) electrons. The topological polar surface area (TPSA) is 193 Å². The van der Waals surface area contributed by atoms with Gasteiger partial charge in [0.25, 0.3) is 0 Å². The number of hydrogen-bond acceptors (Lipinski definition) is 6. The number of carbonyl (C=O) groups excluding carboxylic acids is 3. The van der Waals surface area contributed by atoms with Crippen molar-refractivity contribution in [1.29, 1.82) is 0 Å². The van der Waals surface area contributed by atoms with Crippen molar-refractivity contribution in [3.05, 3.63) is 18.2 Å². The lowest BCUT2D eigenvalue weighted by atomic mass is 9.97. The fourth-order valence-electron chi connectivity index (χ4n) is 2.35. The molecule has 1 rings (SSSR count). The summed E-state index contributed by atoms with van der Waals surface area (Å²) in [6, 6.07) is -3.41. The standard InChI is InChI=1S/C16H26N6O5/c1-3-8(2)13(15(25)21-11(16(26)27)5-12(18)23)22-14(24)10(17)4-9-6-19-7-20-9/h6-8,10-11,13H,3-5,17H2,1-2H3,(H2,18,23)(H,19,20)(H,21,25)(H,22,24)(H,26,27). The molecule has 0 aliphatic carbocycles. The number of nitrogens with one attached hydrogen (secondary N) is 3. The first kappa shape index (κ1) is 22.1. The second-order valence-corrected chi connectivity index (χ2v) is 6.33. The first-order chi connectivity index (χ1) is 12.6.